The van der Waals surface area contributed by atoms with E-state index in [2.05, 4.69) is 12.6 Å². The van der Waals surface area contributed by atoms with E-state index in [1.165, 1.54) is 0 Å². The number of aromatic carboxylic acids is 2. The van der Waals surface area contributed by atoms with Gasteiger partial charge in [-0.2, -0.15) is 12.6 Å². The molecule has 108 valence electrons. The molecule has 2 N–H and O–H groups in total. The zero-order valence-electron chi connectivity index (χ0n) is 10.9. The van der Waals surface area contributed by atoms with Crippen LogP contribution in [0.15, 0.2) is 48.5 Å². The zero-order valence-corrected chi connectivity index (χ0v) is 12.7. The van der Waals surface area contributed by atoms with Gasteiger partial charge in [-0.15, -0.1) is 0 Å². The Bertz CT molecular complexity index is 595. The Kier molecular flexibility index (Phi) is 4.99. The molecule has 21 heavy (non-hydrogen) atoms. The molecule has 0 heterocycles. The second-order valence-corrected chi connectivity index (χ2v) is 7.29. The van der Waals surface area contributed by atoms with Crippen LogP contribution in [-0.4, -0.2) is 27.6 Å². The van der Waals surface area contributed by atoms with Gasteiger partial charge in [0.2, 0.25) is 0 Å². The normalized spacial score (nSPS) is 10.6. The highest BCUT2D eigenvalue weighted by Gasteiger charge is 2.13. The van der Waals surface area contributed by atoms with Crippen LogP contribution in [0.5, 0.6) is 0 Å². The fourth-order valence-electron chi connectivity index (χ4n) is 1.88. The molecule has 0 atom stereocenters. The Labute approximate surface area is 128 Å². The first-order valence-electron chi connectivity index (χ1n) is 6.08. The number of hydrogen-bond donors (Lipinski definition) is 3. The Hall–Kier alpha value is -1.84. The topological polar surface area (TPSA) is 74.6 Å². The Morgan fingerprint density at radius 1 is 0.810 bits per heavy atom. The Morgan fingerprint density at radius 2 is 1.14 bits per heavy atom. The van der Waals surface area contributed by atoms with Gasteiger partial charge in [-0.05, 0) is 42.8 Å². The summed E-state index contributed by atoms with van der Waals surface area (Å²) in [6.07, 6.45) is 0. The van der Waals surface area contributed by atoms with E-state index in [1.807, 2.05) is 0 Å². The molecular weight excluding hydrogens is 307 g/mol. The molecule has 0 spiro atoms. The van der Waals surface area contributed by atoms with Crippen molar-refractivity contribution in [1.82, 2.24) is 0 Å². The van der Waals surface area contributed by atoms with Crippen molar-refractivity contribution >= 4 is 43.1 Å². The molecule has 0 saturated carbocycles. The summed E-state index contributed by atoms with van der Waals surface area (Å²) in [7, 11) is -0.734. The quantitative estimate of drug-likeness (QED) is 0.584. The maximum Gasteiger partial charge on any atom is 0.335 e. The van der Waals surface area contributed by atoms with Crippen LogP contribution in [0.3, 0.4) is 0 Å². The third-order valence-corrected chi connectivity index (χ3v) is 5.97. The fourth-order valence-corrected chi connectivity index (χ4v) is 4.50. The van der Waals surface area contributed by atoms with Crippen LogP contribution in [0.4, 0.5) is 0 Å². The van der Waals surface area contributed by atoms with Gasteiger partial charge in [0, 0.05) is 5.49 Å². The molecule has 0 aliphatic carbocycles. The minimum Gasteiger partial charge on any atom is -0.478 e. The van der Waals surface area contributed by atoms with Crippen molar-refractivity contribution in [3.63, 3.8) is 0 Å². The average Bonchev–Trinajstić information content (AvgIpc) is 2.49. The molecule has 2 aromatic rings. The third-order valence-electron chi connectivity index (χ3n) is 2.99. The van der Waals surface area contributed by atoms with Crippen molar-refractivity contribution in [2.75, 3.05) is 5.49 Å². The van der Waals surface area contributed by atoms with Crippen molar-refractivity contribution in [2.24, 2.45) is 0 Å². The first-order chi connectivity index (χ1) is 10.0. The van der Waals surface area contributed by atoms with E-state index in [4.69, 9.17) is 10.2 Å². The van der Waals surface area contributed by atoms with E-state index < -0.39 is 19.9 Å². The van der Waals surface area contributed by atoms with Crippen LogP contribution >= 0.6 is 20.6 Å². The summed E-state index contributed by atoms with van der Waals surface area (Å²) >= 11 is 4.37. The highest BCUT2D eigenvalue weighted by molar-refractivity contribution is 7.93. The zero-order chi connectivity index (χ0) is 15.4. The monoisotopic (exact) mass is 320 g/mol. The molecule has 0 aliphatic rings. The van der Waals surface area contributed by atoms with Gasteiger partial charge in [-0.1, -0.05) is 24.3 Å². The predicted molar refractivity (Wildman–Crippen MR) is 86.8 cm³/mol. The minimum atomic E-state index is -0.956. The van der Waals surface area contributed by atoms with Crippen molar-refractivity contribution in [3.05, 3.63) is 59.7 Å². The van der Waals surface area contributed by atoms with Crippen molar-refractivity contribution in [2.45, 2.75) is 0 Å². The molecule has 0 aliphatic heterocycles. The van der Waals surface area contributed by atoms with Crippen LogP contribution in [-0.2, 0) is 0 Å². The number of carboxylic acid groups (broad SMARTS) is 2. The first kappa shape index (κ1) is 15.5. The molecule has 0 bridgehead atoms. The lowest BCUT2D eigenvalue weighted by atomic mass is 10.2. The molecule has 0 unspecified atom stereocenters. The molecule has 0 saturated heterocycles. The van der Waals surface area contributed by atoms with Crippen LogP contribution in [0.25, 0.3) is 0 Å². The van der Waals surface area contributed by atoms with Gasteiger partial charge in [-0.3, -0.25) is 0 Å². The number of thiol groups is 1. The highest BCUT2D eigenvalue weighted by Crippen LogP contribution is 2.34. The second kappa shape index (κ2) is 6.74. The number of carboxylic acids is 2. The van der Waals surface area contributed by atoms with E-state index in [-0.39, 0.29) is 11.1 Å². The largest absolute Gasteiger partial charge is 0.478 e. The number of carbonyl (C=O) groups is 2. The Balaban J connectivity index is 2.30. The molecule has 0 amide bonds. The summed E-state index contributed by atoms with van der Waals surface area (Å²) in [5, 5.41) is 19.8. The lowest BCUT2D eigenvalue weighted by Crippen LogP contribution is -2.14. The molecule has 0 aromatic heterocycles. The lowest BCUT2D eigenvalue weighted by molar-refractivity contribution is 0.0686. The maximum atomic E-state index is 10.9. The molecule has 2 aromatic carbocycles. The lowest BCUT2D eigenvalue weighted by Gasteiger charge is -2.16. The van der Waals surface area contributed by atoms with E-state index >= 15 is 0 Å². The summed E-state index contributed by atoms with van der Waals surface area (Å²) in [4.78, 5) is 21.7. The smallest absolute Gasteiger partial charge is 0.335 e. The summed E-state index contributed by atoms with van der Waals surface area (Å²) in [6, 6.07) is 13.4. The van der Waals surface area contributed by atoms with E-state index in [0.717, 1.165) is 10.6 Å². The summed E-state index contributed by atoms with van der Waals surface area (Å²) in [5.74, 6) is -1.91. The summed E-state index contributed by atoms with van der Waals surface area (Å²) < 4.78 is 0. The molecular formula is C15H13O4PS. The van der Waals surface area contributed by atoms with Crippen molar-refractivity contribution < 1.29 is 19.8 Å². The van der Waals surface area contributed by atoms with Gasteiger partial charge < -0.3 is 10.2 Å². The molecule has 0 fully saturated rings. The van der Waals surface area contributed by atoms with E-state index in [0.29, 0.717) is 5.49 Å². The van der Waals surface area contributed by atoms with Crippen LogP contribution in [0.1, 0.15) is 20.7 Å². The SMILES string of the molecule is O=C(O)c1ccc(P(CS)c2ccc(C(=O)O)cc2)cc1. The fraction of sp³-hybridized carbons (Fsp3) is 0.0667. The predicted octanol–water partition coefficient (Wildman–Crippen LogP) is 2.40. The number of benzene rings is 2. The van der Waals surface area contributed by atoms with Gasteiger partial charge in [0.25, 0.3) is 0 Å². The van der Waals surface area contributed by atoms with Crippen LogP contribution in [0, 0.1) is 0 Å². The van der Waals surface area contributed by atoms with E-state index in [9.17, 15) is 9.59 Å². The van der Waals surface area contributed by atoms with E-state index in [1.54, 1.807) is 48.5 Å². The molecule has 2 rings (SSSR count). The molecule has 0 radical (unpaired) electrons. The Morgan fingerprint density at radius 3 is 1.38 bits per heavy atom. The van der Waals surface area contributed by atoms with Gasteiger partial charge in [0.1, 0.15) is 0 Å². The molecule has 6 heteroatoms. The maximum absolute atomic E-state index is 10.9. The minimum absolute atomic E-state index is 0.245. The van der Waals surface area contributed by atoms with Gasteiger partial charge in [0.05, 0.1) is 11.1 Å². The van der Waals surface area contributed by atoms with Crippen molar-refractivity contribution in [1.29, 1.82) is 0 Å². The molecule has 4 nitrogen and oxygen atoms in total. The number of hydrogen-bond acceptors (Lipinski definition) is 3. The number of rotatable bonds is 5. The van der Waals surface area contributed by atoms with Crippen molar-refractivity contribution in [3.8, 4) is 0 Å². The van der Waals surface area contributed by atoms with Gasteiger partial charge in [-0.25, -0.2) is 9.59 Å². The standard InChI is InChI=1S/C15H13O4PS/c16-14(17)10-1-5-12(6-2-10)20(9-21)13-7-3-11(4-8-13)15(18)19/h1-8,21H,9H2,(H,16,17)(H,18,19). The second-order valence-electron chi connectivity index (χ2n) is 4.27. The highest BCUT2D eigenvalue weighted by atomic mass is 32.1. The summed E-state index contributed by atoms with van der Waals surface area (Å²) in [5.41, 5.74) is 1.09. The first-order valence-corrected chi connectivity index (χ1v) is 8.24. The van der Waals surface area contributed by atoms with Gasteiger partial charge in [0.15, 0.2) is 0 Å². The van der Waals surface area contributed by atoms with Crippen LogP contribution in [0.2, 0.25) is 0 Å². The third kappa shape index (κ3) is 3.63. The van der Waals surface area contributed by atoms with Crippen LogP contribution < -0.4 is 10.6 Å². The van der Waals surface area contributed by atoms with Gasteiger partial charge >= 0.3 is 11.9 Å². The summed E-state index contributed by atoms with van der Waals surface area (Å²) in [6.45, 7) is 0. The average molecular weight is 320 g/mol.